The molecule has 19 heavy (non-hydrogen) atoms. The Morgan fingerprint density at radius 1 is 1.47 bits per heavy atom. The number of benzene rings is 1. The average molecular weight is 282 g/mol. The first kappa shape index (κ1) is 15.5. The number of carbonyl (C=O) groups excluding carboxylic acids is 1. The van der Waals surface area contributed by atoms with Gasteiger partial charge in [-0.3, -0.25) is 4.79 Å². The Hall–Kier alpha value is -1.52. The zero-order valence-corrected chi connectivity index (χ0v) is 11.7. The van der Waals surface area contributed by atoms with Crippen LogP contribution in [-0.2, 0) is 11.3 Å². The van der Waals surface area contributed by atoms with Gasteiger partial charge in [0, 0.05) is 31.9 Å². The highest BCUT2D eigenvalue weighted by atomic mass is 35.5. The van der Waals surface area contributed by atoms with E-state index in [9.17, 15) is 4.79 Å². The lowest BCUT2D eigenvalue weighted by Crippen LogP contribution is -2.39. The van der Waals surface area contributed by atoms with Gasteiger partial charge in [0.05, 0.1) is 6.54 Å². The number of hydrogen-bond donors (Lipinski definition) is 2. The van der Waals surface area contributed by atoms with E-state index in [4.69, 9.17) is 0 Å². The molecule has 0 saturated heterocycles. The minimum atomic E-state index is 0. The molecule has 4 nitrogen and oxygen atoms in total. The third-order valence-electron chi connectivity index (χ3n) is 2.98. The van der Waals surface area contributed by atoms with Crippen LogP contribution in [0.3, 0.4) is 0 Å². The zero-order chi connectivity index (χ0) is 12.8. The standard InChI is InChI=1S/C14H19N3O.ClH/c1-2-7-16-14(18)11-17-9-8-15-10-12-5-3-4-6-13(12)17;/h2-6,15H,1,7-11H2,(H,16,18);1H. The molecule has 0 spiro atoms. The molecule has 1 aromatic rings. The van der Waals surface area contributed by atoms with Crippen LogP contribution in [-0.4, -0.2) is 32.1 Å². The SMILES string of the molecule is C=CCNC(=O)CN1CCNCc2ccccc21.Cl. The summed E-state index contributed by atoms with van der Waals surface area (Å²) in [6, 6.07) is 8.21. The third kappa shape index (κ3) is 4.26. The molecule has 104 valence electrons. The highest BCUT2D eigenvalue weighted by Crippen LogP contribution is 2.21. The second-order valence-electron chi connectivity index (χ2n) is 4.32. The van der Waals surface area contributed by atoms with Gasteiger partial charge in [-0.15, -0.1) is 19.0 Å². The van der Waals surface area contributed by atoms with Gasteiger partial charge in [0.2, 0.25) is 5.91 Å². The Bertz CT molecular complexity index is 436. The van der Waals surface area contributed by atoms with Crippen LogP contribution in [0.2, 0.25) is 0 Å². The van der Waals surface area contributed by atoms with Gasteiger partial charge < -0.3 is 15.5 Å². The normalized spacial score (nSPS) is 13.8. The van der Waals surface area contributed by atoms with E-state index >= 15 is 0 Å². The molecule has 0 aromatic heterocycles. The lowest BCUT2D eigenvalue weighted by atomic mass is 10.1. The number of halogens is 1. The van der Waals surface area contributed by atoms with E-state index in [1.165, 1.54) is 5.56 Å². The fourth-order valence-corrected chi connectivity index (χ4v) is 2.11. The molecule has 0 aliphatic carbocycles. The van der Waals surface area contributed by atoms with Crippen molar-refractivity contribution >= 4 is 24.0 Å². The highest BCUT2D eigenvalue weighted by Gasteiger charge is 2.16. The van der Waals surface area contributed by atoms with Gasteiger partial charge in [-0.05, 0) is 11.6 Å². The number of nitrogens with zero attached hydrogens (tertiary/aromatic N) is 1. The minimum absolute atomic E-state index is 0. The topological polar surface area (TPSA) is 44.4 Å². The van der Waals surface area contributed by atoms with Crippen molar-refractivity contribution in [2.45, 2.75) is 6.54 Å². The highest BCUT2D eigenvalue weighted by molar-refractivity contribution is 5.85. The van der Waals surface area contributed by atoms with Crippen LogP contribution in [0, 0.1) is 0 Å². The van der Waals surface area contributed by atoms with Crippen LogP contribution in [0.4, 0.5) is 5.69 Å². The van der Waals surface area contributed by atoms with Crippen molar-refractivity contribution < 1.29 is 4.79 Å². The number of nitrogens with one attached hydrogen (secondary N) is 2. The summed E-state index contributed by atoms with van der Waals surface area (Å²) >= 11 is 0. The van der Waals surface area contributed by atoms with Crippen molar-refractivity contribution in [1.29, 1.82) is 0 Å². The summed E-state index contributed by atoms with van der Waals surface area (Å²) in [5.74, 6) is 0.0339. The van der Waals surface area contributed by atoms with E-state index in [2.05, 4.69) is 34.2 Å². The number of para-hydroxylation sites is 1. The predicted molar refractivity (Wildman–Crippen MR) is 80.8 cm³/mol. The summed E-state index contributed by atoms with van der Waals surface area (Å²) in [7, 11) is 0. The molecule has 5 heteroatoms. The van der Waals surface area contributed by atoms with Crippen LogP contribution in [0.1, 0.15) is 5.56 Å². The van der Waals surface area contributed by atoms with Crippen molar-refractivity contribution in [1.82, 2.24) is 10.6 Å². The minimum Gasteiger partial charge on any atom is -0.361 e. The molecule has 0 atom stereocenters. The van der Waals surface area contributed by atoms with Crippen molar-refractivity contribution in [2.24, 2.45) is 0 Å². The maximum atomic E-state index is 11.8. The van der Waals surface area contributed by atoms with Crippen molar-refractivity contribution in [2.75, 3.05) is 31.1 Å². The number of rotatable bonds is 4. The first-order valence-corrected chi connectivity index (χ1v) is 6.22. The predicted octanol–water partition coefficient (Wildman–Crippen LogP) is 1.32. The van der Waals surface area contributed by atoms with E-state index < -0.39 is 0 Å². The molecule has 1 amide bonds. The lowest BCUT2D eigenvalue weighted by molar-refractivity contribution is -0.119. The molecule has 2 N–H and O–H groups in total. The van der Waals surface area contributed by atoms with Gasteiger partial charge in [-0.1, -0.05) is 24.3 Å². The Kier molecular flexibility index (Phi) is 6.39. The Morgan fingerprint density at radius 3 is 3.05 bits per heavy atom. The number of hydrogen-bond acceptors (Lipinski definition) is 3. The Labute approximate surface area is 120 Å². The number of amides is 1. The van der Waals surface area contributed by atoms with Crippen molar-refractivity contribution in [3.05, 3.63) is 42.5 Å². The summed E-state index contributed by atoms with van der Waals surface area (Å²) in [5.41, 5.74) is 2.39. The average Bonchev–Trinajstić information content (AvgIpc) is 2.59. The second kappa shape index (κ2) is 7.81. The first-order chi connectivity index (χ1) is 8.81. The number of carbonyl (C=O) groups is 1. The molecular formula is C14H20ClN3O. The van der Waals surface area contributed by atoms with Gasteiger partial charge in [-0.2, -0.15) is 0 Å². The molecule has 0 unspecified atom stereocenters. The number of fused-ring (bicyclic) bond motifs is 1. The summed E-state index contributed by atoms with van der Waals surface area (Å²) in [4.78, 5) is 13.9. The fraction of sp³-hybridized carbons (Fsp3) is 0.357. The molecule has 0 saturated carbocycles. The van der Waals surface area contributed by atoms with E-state index in [0.717, 1.165) is 25.3 Å². The molecule has 1 aromatic carbocycles. The summed E-state index contributed by atoms with van der Waals surface area (Å²) in [6.45, 7) is 7.11. The van der Waals surface area contributed by atoms with E-state index in [0.29, 0.717) is 13.1 Å². The lowest BCUT2D eigenvalue weighted by Gasteiger charge is -2.23. The van der Waals surface area contributed by atoms with Gasteiger partial charge in [0.25, 0.3) is 0 Å². The van der Waals surface area contributed by atoms with Crippen LogP contribution in [0.5, 0.6) is 0 Å². The summed E-state index contributed by atoms with van der Waals surface area (Å²) in [6.07, 6.45) is 1.69. The molecule has 1 aliphatic heterocycles. The Morgan fingerprint density at radius 2 is 2.26 bits per heavy atom. The van der Waals surface area contributed by atoms with Crippen LogP contribution >= 0.6 is 12.4 Å². The second-order valence-corrected chi connectivity index (χ2v) is 4.32. The van der Waals surface area contributed by atoms with Gasteiger partial charge in [0.1, 0.15) is 0 Å². The number of anilines is 1. The van der Waals surface area contributed by atoms with Crippen LogP contribution < -0.4 is 15.5 Å². The van der Waals surface area contributed by atoms with Crippen LogP contribution in [0.25, 0.3) is 0 Å². The maximum Gasteiger partial charge on any atom is 0.239 e. The van der Waals surface area contributed by atoms with Gasteiger partial charge in [-0.25, -0.2) is 0 Å². The summed E-state index contributed by atoms with van der Waals surface area (Å²) in [5, 5.41) is 6.17. The molecule has 1 aliphatic rings. The summed E-state index contributed by atoms with van der Waals surface area (Å²) < 4.78 is 0. The molecule has 0 radical (unpaired) electrons. The van der Waals surface area contributed by atoms with Crippen molar-refractivity contribution in [3.63, 3.8) is 0 Å². The van der Waals surface area contributed by atoms with E-state index in [-0.39, 0.29) is 18.3 Å². The third-order valence-corrected chi connectivity index (χ3v) is 2.98. The van der Waals surface area contributed by atoms with E-state index in [1.54, 1.807) is 6.08 Å². The monoisotopic (exact) mass is 281 g/mol. The van der Waals surface area contributed by atoms with Gasteiger partial charge in [0.15, 0.2) is 0 Å². The smallest absolute Gasteiger partial charge is 0.239 e. The molecule has 0 fully saturated rings. The zero-order valence-electron chi connectivity index (χ0n) is 10.9. The molecule has 2 rings (SSSR count). The maximum absolute atomic E-state index is 11.8. The van der Waals surface area contributed by atoms with E-state index in [1.807, 2.05) is 12.1 Å². The molecule has 0 bridgehead atoms. The van der Waals surface area contributed by atoms with Crippen LogP contribution in [0.15, 0.2) is 36.9 Å². The fourth-order valence-electron chi connectivity index (χ4n) is 2.11. The first-order valence-electron chi connectivity index (χ1n) is 6.22. The largest absolute Gasteiger partial charge is 0.361 e. The molecule has 1 heterocycles. The van der Waals surface area contributed by atoms with Crippen molar-refractivity contribution in [3.8, 4) is 0 Å². The molecular weight excluding hydrogens is 262 g/mol. The Balaban J connectivity index is 0.00000180. The quantitative estimate of drug-likeness (QED) is 0.818. The van der Waals surface area contributed by atoms with Gasteiger partial charge >= 0.3 is 0 Å².